The minimum atomic E-state index is 1.09. The Hall–Kier alpha value is -9.96. The lowest BCUT2D eigenvalue weighted by molar-refractivity contribution is 1.18. The van der Waals surface area contributed by atoms with Gasteiger partial charge in [-0.05, 0) is 145 Å². The minimum absolute atomic E-state index is 1.09. The van der Waals surface area contributed by atoms with Crippen LogP contribution in [0.4, 0.5) is 17.1 Å². The van der Waals surface area contributed by atoms with Crippen molar-refractivity contribution >= 4 is 109 Å². The lowest BCUT2D eigenvalue weighted by atomic mass is 9.92. The first-order chi connectivity index (χ1) is 37.2. The fraction of sp³-hybridized carbons (Fsp3) is 0. The summed E-state index contributed by atoms with van der Waals surface area (Å²) in [5.74, 6) is 0. The zero-order chi connectivity index (χ0) is 49.1. The second-order valence-electron chi connectivity index (χ2n) is 20.0. The molecule has 13 aromatic carbocycles. The Morgan fingerprint density at radius 2 is 0.547 bits per heavy atom. The molecule has 75 heavy (non-hydrogen) atoms. The quantitative estimate of drug-likeness (QED) is 0.145. The molecule has 3 aromatic heterocycles. The van der Waals surface area contributed by atoms with Crippen LogP contribution in [-0.2, 0) is 0 Å². The summed E-state index contributed by atoms with van der Waals surface area (Å²) in [4.78, 5) is 2.38. The van der Waals surface area contributed by atoms with Gasteiger partial charge in [-0.3, -0.25) is 0 Å². The number of aromatic nitrogens is 2. The van der Waals surface area contributed by atoms with Crippen molar-refractivity contribution in [3.05, 3.63) is 273 Å². The molecule has 0 unspecified atom stereocenters. The van der Waals surface area contributed by atoms with Gasteiger partial charge in [0.2, 0.25) is 0 Å². The van der Waals surface area contributed by atoms with Crippen LogP contribution < -0.4 is 4.90 Å². The molecule has 0 aliphatic heterocycles. The molecule has 0 N–H and O–H groups in total. The summed E-state index contributed by atoms with van der Waals surface area (Å²) >= 11 is 0. The van der Waals surface area contributed by atoms with E-state index in [2.05, 4.69) is 287 Å². The number of hydrogen-bond acceptors (Lipinski definition) is 1. The summed E-state index contributed by atoms with van der Waals surface area (Å²) in [6.45, 7) is 0. The summed E-state index contributed by atoms with van der Waals surface area (Å²) in [5, 5.41) is 15.4. The van der Waals surface area contributed by atoms with Gasteiger partial charge in [-0.1, -0.05) is 194 Å². The number of rotatable bonds is 7. The summed E-state index contributed by atoms with van der Waals surface area (Å²) < 4.78 is 4.84. The van der Waals surface area contributed by atoms with Crippen LogP contribution in [0.25, 0.3) is 131 Å². The van der Waals surface area contributed by atoms with Crippen LogP contribution in [0.5, 0.6) is 0 Å². The molecular formula is C72H45N3. The van der Waals surface area contributed by atoms with E-state index in [0.29, 0.717) is 0 Å². The largest absolute Gasteiger partial charge is 0.311 e. The molecule has 348 valence electrons. The predicted octanol–water partition coefficient (Wildman–Crippen LogP) is 19.9. The topological polar surface area (TPSA) is 12.6 Å². The van der Waals surface area contributed by atoms with Gasteiger partial charge in [-0.25, -0.2) is 0 Å². The summed E-state index contributed by atoms with van der Waals surface area (Å²) in [6.07, 6.45) is 0. The van der Waals surface area contributed by atoms with E-state index in [9.17, 15) is 0 Å². The normalized spacial score (nSPS) is 12.0. The highest BCUT2D eigenvalue weighted by molar-refractivity contribution is 6.26. The van der Waals surface area contributed by atoms with E-state index >= 15 is 0 Å². The van der Waals surface area contributed by atoms with E-state index < -0.39 is 0 Å². The third-order valence-electron chi connectivity index (χ3n) is 16.0. The van der Waals surface area contributed by atoms with Gasteiger partial charge in [0, 0.05) is 55.1 Å². The maximum Gasteiger partial charge on any atom is 0.0620 e. The Morgan fingerprint density at radius 1 is 0.213 bits per heavy atom. The van der Waals surface area contributed by atoms with E-state index in [1.807, 2.05) is 0 Å². The maximum absolute atomic E-state index is 2.46. The Labute approximate surface area is 433 Å². The first-order valence-corrected chi connectivity index (χ1v) is 25.9. The fourth-order valence-electron chi connectivity index (χ4n) is 12.6. The number of benzene rings is 13. The SMILES string of the molecule is c1ccc2c(c1)c1ccccc1c1cc(-c3ccc(N(c4ccc(-c5ccc(-n6c7ccccc7c7ccccc76)cc5)cc4)c4ccc(-c5ccc6c7cccc8c9ccccc9n(c6c5)c87)cc4)cc3)ccc21. The highest BCUT2D eigenvalue weighted by atomic mass is 15.1. The van der Waals surface area contributed by atoms with Crippen molar-refractivity contribution in [2.24, 2.45) is 0 Å². The Balaban J connectivity index is 0.776. The van der Waals surface area contributed by atoms with Crippen molar-refractivity contribution in [2.75, 3.05) is 4.90 Å². The number of fused-ring (bicyclic) bond motifs is 15. The summed E-state index contributed by atoms with van der Waals surface area (Å²) in [6, 6.07) is 101. The van der Waals surface area contributed by atoms with Gasteiger partial charge in [-0.15, -0.1) is 0 Å². The molecule has 16 rings (SSSR count). The molecule has 0 spiro atoms. The molecule has 0 aliphatic rings. The molecule has 0 bridgehead atoms. The van der Waals surface area contributed by atoms with Gasteiger partial charge in [0.25, 0.3) is 0 Å². The predicted molar refractivity (Wildman–Crippen MR) is 319 cm³/mol. The summed E-state index contributed by atoms with van der Waals surface area (Å²) in [7, 11) is 0. The smallest absolute Gasteiger partial charge is 0.0620 e. The van der Waals surface area contributed by atoms with E-state index in [4.69, 9.17) is 0 Å². The molecule has 0 saturated carbocycles. The van der Waals surface area contributed by atoms with Gasteiger partial charge < -0.3 is 13.9 Å². The zero-order valence-electron chi connectivity index (χ0n) is 40.8. The van der Waals surface area contributed by atoms with E-state index in [1.165, 1.54) is 126 Å². The van der Waals surface area contributed by atoms with Crippen LogP contribution >= 0.6 is 0 Å². The summed E-state index contributed by atoms with van der Waals surface area (Å²) in [5.41, 5.74) is 17.7. The molecule has 3 heteroatoms. The van der Waals surface area contributed by atoms with Crippen LogP contribution in [0.3, 0.4) is 0 Å². The first kappa shape index (κ1) is 41.6. The highest BCUT2D eigenvalue weighted by Gasteiger charge is 2.19. The van der Waals surface area contributed by atoms with Crippen LogP contribution in [0.2, 0.25) is 0 Å². The molecule has 0 amide bonds. The number of anilines is 3. The maximum atomic E-state index is 2.46. The Morgan fingerprint density at radius 3 is 1.05 bits per heavy atom. The molecule has 0 radical (unpaired) electrons. The average Bonchev–Trinajstić information content (AvgIpc) is 4.16. The average molecular weight is 952 g/mol. The van der Waals surface area contributed by atoms with E-state index in [1.54, 1.807) is 0 Å². The third kappa shape index (κ3) is 6.35. The van der Waals surface area contributed by atoms with Crippen molar-refractivity contribution in [2.45, 2.75) is 0 Å². The van der Waals surface area contributed by atoms with Gasteiger partial charge >= 0.3 is 0 Å². The standard InChI is InChI=1S/C72H45N3/c1-2-14-58-56(12-1)57-13-3-4-15-59(57)67-44-50(32-42-60(58)67)48-28-36-53(37-29-48)73(52-34-24-46(25-35-52)47-26-40-55(41-27-47)74-68-21-8-5-16-61(68)62-17-6-9-22-69(62)74)54-38-30-49(31-39-54)51-33-43-64-66-20-11-19-65-63-18-7-10-23-70(63)75(72(65)66)71(64)45-51/h1-45H. The molecule has 3 heterocycles. The van der Waals surface area contributed by atoms with Crippen molar-refractivity contribution in [3.8, 4) is 39.1 Å². The van der Waals surface area contributed by atoms with Gasteiger partial charge in [-0.2, -0.15) is 0 Å². The lowest BCUT2D eigenvalue weighted by Gasteiger charge is -2.26. The Bertz CT molecular complexity index is 4820. The van der Waals surface area contributed by atoms with Gasteiger partial charge in [0.1, 0.15) is 0 Å². The highest BCUT2D eigenvalue weighted by Crippen LogP contribution is 2.43. The van der Waals surface area contributed by atoms with Gasteiger partial charge in [0.15, 0.2) is 0 Å². The molecule has 0 aliphatic carbocycles. The van der Waals surface area contributed by atoms with Crippen LogP contribution in [0, 0.1) is 0 Å². The number of para-hydroxylation sites is 4. The Kier molecular flexibility index (Phi) is 9.04. The van der Waals surface area contributed by atoms with E-state index in [0.717, 1.165) is 22.7 Å². The molecule has 0 fully saturated rings. The van der Waals surface area contributed by atoms with E-state index in [-0.39, 0.29) is 0 Å². The second kappa shape index (κ2) is 16.3. The molecule has 0 atom stereocenters. The molecule has 0 saturated heterocycles. The third-order valence-corrected chi connectivity index (χ3v) is 16.0. The minimum Gasteiger partial charge on any atom is -0.311 e. The molecule has 3 nitrogen and oxygen atoms in total. The van der Waals surface area contributed by atoms with Crippen molar-refractivity contribution in [1.82, 2.24) is 8.97 Å². The second-order valence-corrected chi connectivity index (χ2v) is 20.0. The first-order valence-electron chi connectivity index (χ1n) is 25.9. The van der Waals surface area contributed by atoms with Crippen LogP contribution in [-0.4, -0.2) is 8.97 Å². The lowest BCUT2D eigenvalue weighted by Crippen LogP contribution is -2.09. The van der Waals surface area contributed by atoms with Crippen LogP contribution in [0.15, 0.2) is 273 Å². The molecule has 16 aromatic rings. The van der Waals surface area contributed by atoms with Crippen molar-refractivity contribution < 1.29 is 0 Å². The van der Waals surface area contributed by atoms with Crippen LogP contribution in [0.1, 0.15) is 0 Å². The monoisotopic (exact) mass is 951 g/mol. The van der Waals surface area contributed by atoms with Crippen molar-refractivity contribution in [1.29, 1.82) is 0 Å². The fourth-order valence-corrected chi connectivity index (χ4v) is 12.6. The number of hydrogen-bond donors (Lipinski definition) is 0. The van der Waals surface area contributed by atoms with Crippen molar-refractivity contribution in [3.63, 3.8) is 0 Å². The van der Waals surface area contributed by atoms with Gasteiger partial charge in [0.05, 0.1) is 27.6 Å². The molecular weight excluding hydrogens is 907 g/mol. The zero-order valence-corrected chi connectivity index (χ0v) is 40.8. The number of nitrogens with zero attached hydrogens (tertiary/aromatic N) is 3.